The molecule has 0 aromatic heterocycles. The molecule has 0 aliphatic heterocycles. The molecule has 0 radical (unpaired) electrons. The molecule has 0 saturated carbocycles. The van der Waals surface area contributed by atoms with Gasteiger partial charge in [0.25, 0.3) is 0 Å². The second-order valence-corrected chi connectivity index (χ2v) is 5.22. The molecule has 0 saturated heterocycles. The molecule has 20 heavy (non-hydrogen) atoms. The molecule has 0 amide bonds. The molecule has 2 rings (SSSR count). The first-order valence-corrected chi connectivity index (χ1v) is 6.61. The van der Waals surface area contributed by atoms with E-state index >= 15 is 0 Å². The van der Waals surface area contributed by atoms with Gasteiger partial charge in [0.15, 0.2) is 0 Å². The molecule has 0 unspecified atom stereocenters. The van der Waals surface area contributed by atoms with Crippen LogP contribution in [-0.4, -0.2) is 10.2 Å². The van der Waals surface area contributed by atoms with Crippen molar-refractivity contribution >= 4 is 57.8 Å². The number of aromatic hydroxyl groups is 2. The molecule has 0 bridgehead atoms. The maximum absolute atomic E-state index is 8.95. The lowest BCUT2D eigenvalue weighted by Crippen LogP contribution is -1.86. The maximum atomic E-state index is 8.95. The average Bonchev–Trinajstić information content (AvgIpc) is 2.39. The maximum Gasteiger partial charge on any atom is 0.136 e. The van der Waals surface area contributed by atoms with Crippen LogP contribution in [-0.2, 0) is 0 Å². The van der Waals surface area contributed by atoms with Crippen molar-refractivity contribution in [3.8, 4) is 11.5 Å². The third-order valence-corrected chi connectivity index (χ3v) is 3.53. The Kier molecular flexibility index (Phi) is 5.89. The molecule has 2 aromatic carbocycles. The van der Waals surface area contributed by atoms with E-state index in [0.29, 0.717) is 15.7 Å². The van der Waals surface area contributed by atoms with Gasteiger partial charge >= 0.3 is 0 Å². The summed E-state index contributed by atoms with van der Waals surface area (Å²) in [5.41, 5.74) is 11.2. The summed E-state index contributed by atoms with van der Waals surface area (Å²) in [4.78, 5) is 0. The first kappa shape index (κ1) is 16.9. The highest BCUT2D eigenvalue weighted by molar-refractivity contribution is 6.39. The number of nitrogens with two attached hydrogens (primary N) is 2. The predicted molar refractivity (Wildman–Crippen MR) is 85.1 cm³/mol. The summed E-state index contributed by atoms with van der Waals surface area (Å²) in [6.07, 6.45) is 0. The number of phenolic OH excluding ortho intramolecular Hbond substituents is 2. The van der Waals surface area contributed by atoms with E-state index in [2.05, 4.69) is 0 Å². The van der Waals surface area contributed by atoms with Gasteiger partial charge in [0, 0.05) is 6.07 Å². The SMILES string of the molecule is Nc1c(Cl)ccc(O)c1Cl.Nc1cc(O)c(Cl)cc1Cl. The van der Waals surface area contributed by atoms with Crippen molar-refractivity contribution in [1.29, 1.82) is 0 Å². The second-order valence-electron chi connectivity index (χ2n) is 3.62. The molecular weight excluding hydrogens is 346 g/mol. The summed E-state index contributed by atoms with van der Waals surface area (Å²) >= 11 is 22.2. The number of phenols is 2. The third kappa shape index (κ3) is 4.15. The summed E-state index contributed by atoms with van der Waals surface area (Å²) in [5, 5.41) is 18.9. The van der Waals surface area contributed by atoms with Crippen LogP contribution in [0, 0.1) is 0 Å². The zero-order valence-electron chi connectivity index (χ0n) is 9.87. The van der Waals surface area contributed by atoms with E-state index in [4.69, 9.17) is 68.1 Å². The number of rotatable bonds is 0. The van der Waals surface area contributed by atoms with Crippen LogP contribution in [0.3, 0.4) is 0 Å². The normalized spacial score (nSPS) is 9.80. The van der Waals surface area contributed by atoms with Gasteiger partial charge in [-0.1, -0.05) is 46.4 Å². The topological polar surface area (TPSA) is 92.5 Å². The summed E-state index contributed by atoms with van der Waals surface area (Å²) < 4.78 is 0. The van der Waals surface area contributed by atoms with Gasteiger partial charge in [-0.15, -0.1) is 0 Å². The third-order valence-electron chi connectivity index (χ3n) is 2.17. The molecular formula is C12H10Cl4N2O2. The van der Waals surface area contributed by atoms with Crippen molar-refractivity contribution in [1.82, 2.24) is 0 Å². The number of anilines is 2. The smallest absolute Gasteiger partial charge is 0.136 e. The number of halogens is 4. The predicted octanol–water partition coefficient (Wildman–Crippen LogP) is 4.56. The van der Waals surface area contributed by atoms with Crippen LogP contribution in [0.2, 0.25) is 20.1 Å². The Morgan fingerprint density at radius 3 is 1.85 bits per heavy atom. The molecule has 8 heteroatoms. The summed E-state index contributed by atoms with van der Waals surface area (Å²) in [6.45, 7) is 0. The van der Waals surface area contributed by atoms with E-state index in [1.54, 1.807) is 0 Å². The number of hydrogen-bond donors (Lipinski definition) is 4. The molecule has 6 N–H and O–H groups in total. The van der Waals surface area contributed by atoms with Crippen molar-refractivity contribution in [3.63, 3.8) is 0 Å². The molecule has 0 aliphatic carbocycles. The number of hydrogen-bond acceptors (Lipinski definition) is 4. The molecule has 0 spiro atoms. The Morgan fingerprint density at radius 2 is 1.35 bits per heavy atom. The fraction of sp³-hybridized carbons (Fsp3) is 0. The van der Waals surface area contributed by atoms with Gasteiger partial charge in [0.1, 0.15) is 16.5 Å². The number of benzene rings is 2. The van der Waals surface area contributed by atoms with E-state index in [1.165, 1.54) is 24.3 Å². The van der Waals surface area contributed by atoms with E-state index in [0.717, 1.165) is 0 Å². The van der Waals surface area contributed by atoms with Crippen LogP contribution < -0.4 is 11.5 Å². The molecule has 0 heterocycles. The molecule has 108 valence electrons. The molecule has 0 atom stereocenters. The van der Waals surface area contributed by atoms with Gasteiger partial charge < -0.3 is 21.7 Å². The lowest BCUT2D eigenvalue weighted by molar-refractivity contribution is 0.475. The van der Waals surface area contributed by atoms with Gasteiger partial charge in [-0.05, 0) is 18.2 Å². The zero-order valence-corrected chi connectivity index (χ0v) is 12.9. The molecule has 0 aliphatic rings. The van der Waals surface area contributed by atoms with Crippen molar-refractivity contribution < 1.29 is 10.2 Å². The van der Waals surface area contributed by atoms with E-state index < -0.39 is 0 Å². The van der Waals surface area contributed by atoms with Gasteiger partial charge in [-0.2, -0.15) is 0 Å². The standard InChI is InChI=1S/2C6H5Cl2NO/c7-3-1-4(8)6(10)2-5(3)9;7-3-1-2-4(10)5(8)6(3)9/h2*1-2,10H,9H2. The van der Waals surface area contributed by atoms with Gasteiger partial charge in [0.05, 0.1) is 26.4 Å². The van der Waals surface area contributed by atoms with Crippen molar-refractivity contribution in [2.75, 3.05) is 11.5 Å². The van der Waals surface area contributed by atoms with Crippen LogP contribution >= 0.6 is 46.4 Å². The fourth-order valence-corrected chi connectivity index (χ4v) is 1.87. The van der Waals surface area contributed by atoms with Crippen molar-refractivity contribution in [2.24, 2.45) is 0 Å². The molecule has 2 aromatic rings. The summed E-state index contributed by atoms with van der Waals surface area (Å²) in [5.74, 6) is -0.105. The molecule has 4 nitrogen and oxygen atoms in total. The number of nitrogen functional groups attached to an aromatic ring is 2. The first-order valence-electron chi connectivity index (χ1n) is 5.10. The Hall–Kier alpha value is -1.20. The Labute approximate surface area is 135 Å². The average molecular weight is 356 g/mol. The lowest BCUT2D eigenvalue weighted by Gasteiger charge is -2.01. The Morgan fingerprint density at radius 1 is 0.750 bits per heavy atom. The van der Waals surface area contributed by atoms with Crippen LogP contribution in [0.5, 0.6) is 11.5 Å². The van der Waals surface area contributed by atoms with Gasteiger partial charge in [0.2, 0.25) is 0 Å². The van der Waals surface area contributed by atoms with Crippen LogP contribution in [0.4, 0.5) is 11.4 Å². The van der Waals surface area contributed by atoms with Gasteiger partial charge in [-0.3, -0.25) is 0 Å². The van der Waals surface area contributed by atoms with Gasteiger partial charge in [-0.25, -0.2) is 0 Å². The summed E-state index contributed by atoms with van der Waals surface area (Å²) in [6, 6.07) is 5.58. The van der Waals surface area contributed by atoms with Crippen LogP contribution in [0.25, 0.3) is 0 Å². The van der Waals surface area contributed by atoms with E-state index in [-0.39, 0.29) is 27.2 Å². The highest BCUT2D eigenvalue weighted by Gasteiger charge is 2.04. The highest BCUT2D eigenvalue weighted by atomic mass is 35.5. The van der Waals surface area contributed by atoms with Crippen molar-refractivity contribution in [3.05, 3.63) is 44.4 Å². The Balaban J connectivity index is 0.000000200. The highest BCUT2D eigenvalue weighted by Crippen LogP contribution is 2.34. The second kappa shape index (κ2) is 6.99. The largest absolute Gasteiger partial charge is 0.506 e. The fourth-order valence-electron chi connectivity index (χ4n) is 1.11. The minimum absolute atomic E-state index is 0.0523. The first-order chi connectivity index (χ1) is 9.23. The molecule has 0 fully saturated rings. The monoisotopic (exact) mass is 354 g/mol. The van der Waals surface area contributed by atoms with Crippen molar-refractivity contribution in [2.45, 2.75) is 0 Å². The minimum Gasteiger partial charge on any atom is -0.506 e. The lowest BCUT2D eigenvalue weighted by atomic mass is 10.3. The van der Waals surface area contributed by atoms with E-state index in [1.807, 2.05) is 0 Å². The zero-order chi connectivity index (χ0) is 15.4. The summed E-state index contributed by atoms with van der Waals surface area (Å²) in [7, 11) is 0. The Bertz CT molecular complexity index is 558. The van der Waals surface area contributed by atoms with Crippen LogP contribution in [0.1, 0.15) is 0 Å². The van der Waals surface area contributed by atoms with E-state index in [9.17, 15) is 0 Å². The van der Waals surface area contributed by atoms with Crippen LogP contribution in [0.15, 0.2) is 24.3 Å². The minimum atomic E-state index is -0.0523. The quantitative estimate of drug-likeness (QED) is 0.521.